The van der Waals surface area contributed by atoms with Crippen molar-refractivity contribution < 1.29 is 1.37 Å². The number of anilines is 2. The third-order valence-electron chi connectivity index (χ3n) is 6.89. The van der Waals surface area contributed by atoms with Crippen LogP contribution in [0.5, 0.6) is 0 Å². The van der Waals surface area contributed by atoms with Crippen LogP contribution >= 0.6 is 23.4 Å². The van der Waals surface area contributed by atoms with Crippen LogP contribution in [0.1, 0.15) is 31.5 Å². The van der Waals surface area contributed by atoms with Crippen LogP contribution in [-0.4, -0.2) is 37.4 Å². The van der Waals surface area contributed by atoms with E-state index in [-0.39, 0.29) is 23.4 Å². The Hall–Kier alpha value is -2.88. The van der Waals surface area contributed by atoms with Gasteiger partial charge >= 0.3 is 0 Å². The highest BCUT2D eigenvalue weighted by Gasteiger charge is 2.46. The molecule has 1 saturated heterocycles. The molecule has 5 heterocycles. The van der Waals surface area contributed by atoms with E-state index < -0.39 is 0 Å². The zero-order valence-electron chi connectivity index (χ0n) is 18.8. The number of piperidine rings is 1. The first-order valence-corrected chi connectivity index (χ1v) is 12.0. The molecule has 168 valence electrons. The van der Waals surface area contributed by atoms with E-state index in [4.69, 9.17) is 24.4 Å². The normalized spacial score (nSPS) is 19.8. The van der Waals surface area contributed by atoms with Crippen LogP contribution in [0.2, 0.25) is 5.02 Å². The van der Waals surface area contributed by atoms with Crippen LogP contribution in [0.3, 0.4) is 0 Å². The molecule has 4 aromatic heterocycles. The molecule has 8 nitrogen and oxygen atoms in total. The maximum absolute atomic E-state index is 8.67. The number of rotatable bonds is 3. The molecule has 1 aliphatic carbocycles. The number of pyridine rings is 2. The Morgan fingerprint density at radius 3 is 2.76 bits per heavy atom. The lowest BCUT2D eigenvalue weighted by molar-refractivity contribution is 0.186. The first-order chi connectivity index (χ1) is 16.5. The van der Waals surface area contributed by atoms with E-state index in [9.17, 15) is 0 Å². The zero-order chi connectivity index (χ0) is 23.4. The highest BCUT2D eigenvalue weighted by Crippen LogP contribution is 2.50. The number of nitrogens with two attached hydrogens (primary N) is 2. The van der Waals surface area contributed by atoms with Gasteiger partial charge in [0.2, 0.25) is 5.95 Å². The summed E-state index contributed by atoms with van der Waals surface area (Å²) in [6, 6.07) is 5.85. The Kier molecular flexibility index (Phi) is 4.66. The van der Waals surface area contributed by atoms with E-state index >= 15 is 0 Å². The highest BCUT2D eigenvalue weighted by atomic mass is 35.5. The molecule has 4 aromatic rings. The van der Waals surface area contributed by atoms with Crippen LogP contribution in [0, 0.1) is 5.41 Å². The van der Waals surface area contributed by atoms with Gasteiger partial charge in [0.1, 0.15) is 5.82 Å². The number of fused-ring (bicyclic) bond motifs is 2. The minimum Gasteiger partial charge on any atom is -0.382 e. The number of imidazole rings is 1. The van der Waals surface area contributed by atoms with Crippen LogP contribution < -0.4 is 16.4 Å². The fraction of sp³-hybridized carbons (Fsp3) is 0.304. The number of halogens is 1. The van der Waals surface area contributed by atoms with Gasteiger partial charge in [-0.05, 0) is 42.4 Å². The Bertz CT molecular complexity index is 1400. The molecule has 1 spiro atoms. The molecule has 33 heavy (non-hydrogen) atoms. The van der Waals surface area contributed by atoms with E-state index in [0.717, 1.165) is 44.0 Å². The minimum atomic E-state index is 0.00244. The van der Waals surface area contributed by atoms with Gasteiger partial charge in [0.15, 0.2) is 5.65 Å². The smallest absolute Gasteiger partial charge is 0.211 e. The second kappa shape index (κ2) is 7.86. The molecule has 0 unspecified atom stereocenters. The van der Waals surface area contributed by atoms with E-state index in [2.05, 4.69) is 30.9 Å². The van der Waals surface area contributed by atoms with Gasteiger partial charge in [-0.1, -0.05) is 29.4 Å². The van der Waals surface area contributed by atoms with Crippen molar-refractivity contribution in [2.75, 3.05) is 23.7 Å². The maximum Gasteiger partial charge on any atom is 0.211 e. The summed E-state index contributed by atoms with van der Waals surface area (Å²) in [5.74, 6) is 0.978. The minimum absolute atomic E-state index is 0.00244. The third-order valence-corrected chi connectivity index (χ3v) is 8.44. The van der Waals surface area contributed by atoms with Crippen molar-refractivity contribution in [1.82, 2.24) is 24.3 Å². The molecule has 1 atom stereocenters. The third kappa shape index (κ3) is 3.34. The summed E-state index contributed by atoms with van der Waals surface area (Å²) in [6.45, 7) is 1.61. The van der Waals surface area contributed by atoms with Crippen LogP contribution in [0.15, 0.2) is 59.0 Å². The molecule has 1 aliphatic heterocycles. The average Bonchev–Trinajstić information content (AvgIpc) is 3.43. The zero-order valence-corrected chi connectivity index (χ0v) is 19.4. The maximum atomic E-state index is 8.67. The van der Waals surface area contributed by atoms with Gasteiger partial charge in [0.05, 0.1) is 11.3 Å². The Morgan fingerprint density at radius 1 is 1.09 bits per heavy atom. The number of hydrogen-bond donors (Lipinski definition) is 2. The lowest BCUT2D eigenvalue weighted by Gasteiger charge is -2.42. The van der Waals surface area contributed by atoms with Crippen molar-refractivity contribution in [3.8, 4) is 0 Å². The Balaban J connectivity index is 1.29. The molecule has 0 aromatic carbocycles. The molecular weight excluding hydrogens is 456 g/mol. The van der Waals surface area contributed by atoms with Crippen molar-refractivity contribution >= 4 is 40.8 Å². The second-order valence-corrected chi connectivity index (χ2v) is 10.1. The quantitative estimate of drug-likeness (QED) is 0.457. The summed E-state index contributed by atoms with van der Waals surface area (Å²) in [6.07, 6.45) is 10.0. The van der Waals surface area contributed by atoms with E-state index in [1.807, 2.05) is 22.9 Å². The first-order valence-electron chi connectivity index (χ1n) is 11.3. The fourth-order valence-corrected chi connectivity index (χ4v) is 6.16. The molecule has 0 radical (unpaired) electrons. The molecule has 0 saturated carbocycles. The summed E-state index contributed by atoms with van der Waals surface area (Å²) < 4.78 is 10.6. The van der Waals surface area contributed by atoms with Crippen LogP contribution in [-0.2, 0) is 6.42 Å². The summed E-state index contributed by atoms with van der Waals surface area (Å²) in [5.41, 5.74) is 15.6. The molecule has 6 rings (SSSR count). The number of aromatic nitrogens is 5. The summed E-state index contributed by atoms with van der Waals surface area (Å²) in [5, 5.41) is 0.366. The molecule has 10 heteroatoms. The largest absolute Gasteiger partial charge is 0.382 e. The molecule has 0 amide bonds. The highest BCUT2D eigenvalue weighted by molar-refractivity contribution is 7.99. The van der Waals surface area contributed by atoms with Gasteiger partial charge < -0.3 is 16.4 Å². The summed E-state index contributed by atoms with van der Waals surface area (Å²) in [7, 11) is 0. The van der Waals surface area contributed by atoms with Gasteiger partial charge in [-0.3, -0.25) is 9.38 Å². The molecule has 1 fully saturated rings. The summed E-state index contributed by atoms with van der Waals surface area (Å²) >= 11 is 7.66. The van der Waals surface area contributed by atoms with E-state index in [1.54, 1.807) is 18.5 Å². The number of nitrogen functional groups attached to an aromatic ring is 1. The van der Waals surface area contributed by atoms with Crippen molar-refractivity contribution in [3.63, 3.8) is 0 Å². The number of nitrogens with zero attached hydrogens (tertiary/aromatic N) is 6. The average molecular weight is 480 g/mol. The SMILES string of the molecule is [2H]c1nc(N2CCC3(CC2)Cc2ncccc2[C@H]3N)n2ccnc2c1Sc1ccnc(N)c1Cl. The van der Waals surface area contributed by atoms with Gasteiger partial charge in [-0.2, -0.15) is 0 Å². The Morgan fingerprint density at radius 2 is 1.94 bits per heavy atom. The van der Waals surface area contributed by atoms with Crippen LogP contribution in [0.25, 0.3) is 5.65 Å². The van der Waals surface area contributed by atoms with Crippen LogP contribution in [0.4, 0.5) is 11.8 Å². The Labute approximate surface area is 201 Å². The van der Waals surface area contributed by atoms with Crippen molar-refractivity contribution in [3.05, 3.63) is 65.4 Å². The van der Waals surface area contributed by atoms with E-state index in [1.165, 1.54) is 17.3 Å². The van der Waals surface area contributed by atoms with Gasteiger partial charge in [0, 0.05) is 60.7 Å². The predicted octanol–water partition coefficient (Wildman–Crippen LogP) is 3.75. The second-order valence-electron chi connectivity index (χ2n) is 8.63. The molecule has 0 bridgehead atoms. The lowest BCUT2D eigenvalue weighted by Crippen LogP contribution is -2.45. The molecule has 2 aliphatic rings. The van der Waals surface area contributed by atoms with Gasteiger partial charge in [-0.15, -0.1) is 0 Å². The van der Waals surface area contributed by atoms with Crippen molar-refractivity contribution in [1.29, 1.82) is 0 Å². The summed E-state index contributed by atoms with van der Waals surface area (Å²) in [4.78, 5) is 21.4. The van der Waals surface area contributed by atoms with Gasteiger partial charge in [-0.25, -0.2) is 15.0 Å². The monoisotopic (exact) mass is 479 g/mol. The van der Waals surface area contributed by atoms with Crippen molar-refractivity contribution in [2.24, 2.45) is 11.1 Å². The topological polar surface area (TPSA) is 111 Å². The predicted molar refractivity (Wildman–Crippen MR) is 130 cm³/mol. The fourth-order valence-electron chi connectivity index (χ4n) is 5.05. The molecule has 4 N–H and O–H groups in total. The van der Waals surface area contributed by atoms with E-state index in [0.29, 0.717) is 20.5 Å². The van der Waals surface area contributed by atoms with Gasteiger partial charge in [0.25, 0.3) is 0 Å². The standard InChI is InChI=1S/C23H23ClN8S/c24-18-16(3-7-28-20(18)26)33-17-13-30-22(32-11-8-29-21(17)32)31-9-4-23(5-10-31)12-15-14(19(23)25)2-1-6-27-15/h1-3,6-8,11,13,19H,4-5,9-10,12,25H2,(H2,26,28)/t19-/m1/s1/i13D. The number of hydrogen-bond acceptors (Lipinski definition) is 8. The first kappa shape index (κ1) is 19.6. The lowest BCUT2D eigenvalue weighted by atomic mass is 9.73. The molecular formula is C23H23ClN8S. The van der Waals surface area contributed by atoms with Crippen molar-refractivity contribution in [2.45, 2.75) is 35.1 Å².